The van der Waals surface area contributed by atoms with Gasteiger partial charge >= 0.3 is 5.69 Å². The zero-order valence-electron chi connectivity index (χ0n) is 14.8. The summed E-state index contributed by atoms with van der Waals surface area (Å²) in [5, 5.41) is 19.0. The minimum absolute atomic E-state index is 0.159. The van der Waals surface area contributed by atoms with Gasteiger partial charge in [0.15, 0.2) is 6.29 Å². The molecule has 1 heterocycles. The van der Waals surface area contributed by atoms with E-state index >= 15 is 0 Å². The largest absolute Gasteiger partial charge is 0.363 e. The second-order valence-electron chi connectivity index (χ2n) is 6.25. The van der Waals surface area contributed by atoms with Crippen molar-refractivity contribution < 1.29 is 15.0 Å². The number of nitrogens with zero attached hydrogens (tertiary/aromatic N) is 1. The number of carbonyl (C=O) groups is 1. The molecule has 3 rings (SSSR count). The van der Waals surface area contributed by atoms with Gasteiger partial charge in [0, 0.05) is 6.54 Å². The summed E-state index contributed by atoms with van der Waals surface area (Å²) in [6, 6.07) is 18.6. The van der Waals surface area contributed by atoms with E-state index in [0.29, 0.717) is 6.54 Å². The third-order valence-electron chi connectivity index (χ3n) is 4.43. The Morgan fingerprint density at radius 2 is 1.59 bits per heavy atom. The summed E-state index contributed by atoms with van der Waals surface area (Å²) in [6.07, 6.45) is -1.96. The SMILES string of the molecule is CC(c1ccccc1)N(Cc1ccccc1)C(=O)c1[nH]c(=O)[nH]c1C(O)O. The normalized spacial score (nSPS) is 12.1. The van der Waals surface area contributed by atoms with Gasteiger partial charge in [-0.25, -0.2) is 4.79 Å². The summed E-state index contributed by atoms with van der Waals surface area (Å²) in [5.41, 5.74) is 0.758. The van der Waals surface area contributed by atoms with E-state index in [4.69, 9.17) is 0 Å². The molecular formula is C20H21N3O4. The van der Waals surface area contributed by atoms with Crippen LogP contribution in [0.4, 0.5) is 0 Å². The van der Waals surface area contributed by atoms with E-state index in [1.165, 1.54) is 0 Å². The molecule has 1 aromatic heterocycles. The molecule has 0 fully saturated rings. The summed E-state index contributed by atoms with van der Waals surface area (Å²) >= 11 is 0. The fraction of sp³-hybridized carbons (Fsp3) is 0.200. The molecule has 0 aliphatic rings. The average molecular weight is 367 g/mol. The minimum Gasteiger partial charge on any atom is -0.363 e. The van der Waals surface area contributed by atoms with E-state index in [1.54, 1.807) is 4.90 Å². The number of aromatic nitrogens is 2. The summed E-state index contributed by atoms with van der Waals surface area (Å²) < 4.78 is 0. The Kier molecular flexibility index (Phi) is 5.54. The summed E-state index contributed by atoms with van der Waals surface area (Å²) in [4.78, 5) is 31.1. The molecule has 3 aromatic rings. The number of aromatic amines is 2. The van der Waals surface area contributed by atoms with Gasteiger partial charge in [-0.2, -0.15) is 0 Å². The lowest BCUT2D eigenvalue weighted by Crippen LogP contribution is -2.34. The number of H-pyrrole nitrogens is 2. The predicted molar refractivity (Wildman–Crippen MR) is 99.8 cm³/mol. The number of imidazole rings is 1. The molecule has 0 radical (unpaired) electrons. The van der Waals surface area contributed by atoms with E-state index in [-0.39, 0.29) is 17.4 Å². The second-order valence-corrected chi connectivity index (χ2v) is 6.25. The van der Waals surface area contributed by atoms with Crippen LogP contribution in [-0.2, 0) is 6.54 Å². The zero-order chi connectivity index (χ0) is 19.4. The van der Waals surface area contributed by atoms with Gasteiger partial charge in [-0.1, -0.05) is 60.7 Å². The molecule has 7 nitrogen and oxygen atoms in total. The van der Waals surface area contributed by atoms with Crippen molar-refractivity contribution >= 4 is 5.91 Å². The van der Waals surface area contributed by atoms with Crippen LogP contribution in [0.15, 0.2) is 65.5 Å². The number of aliphatic hydroxyl groups is 2. The van der Waals surface area contributed by atoms with Crippen LogP contribution in [0.25, 0.3) is 0 Å². The van der Waals surface area contributed by atoms with Crippen LogP contribution < -0.4 is 5.69 Å². The van der Waals surface area contributed by atoms with Gasteiger partial charge in [-0.05, 0) is 18.1 Å². The number of benzene rings is 2. The Balaban J connectivity index is 2.01. The highest BCUT2D eigenvalue weighted by atomic mass is 16.5. The molecule has 0 aliphatic heterocycles. The number of nitrogens with one attached hydrogen (secondary N) is 2. The Morgan fingerprint density at radius 1 is 1.00 bits per heavy atom. The van der Waals surface area contributed by atoms with Crippen molar-refractivity contribution in [2.75, 3.05) is 0 Å². The van der Waals surface area contributed by atoms with Gasteiger partial charge in [-0.3, -0.25) is 4.79 Å². The highest BCUT2D eigenvalue weighted by Crippen LogP contribution is 2.25. The molecular weight excluding hydrogens is 346 g/mol. The molecule has 0 saturated heterocycles. The number of amides is 1. The number of carbonyl (C=O) groups excluding carboxylic acids is 1. The maximum atomic E-state index is 13.2. The first-order valence-electron chi connectivity index (χ1n) is 8.55. The lowest BCUT2D eigenvalue weighted by Gasteiger charge is -2.30. The summed E-state index contributed by atoms with van der Waals surface area (Å²) in [5.74, 6) is -0.503. The van der Waals surface area contributed by atoms with Crippen molar-refractivity contribution in [1.29, 1.82) is 0 Å². The van der Waals surface area contributed by atoms with Gasteiger partial charge in [0.2, 0.25) is 0 Å². The monoisotopic (exact) mass is 367 g/mol. The van der Waals surface area contributed by atoms with Crippen LogP contribution >= 0.6 is 0 Å². The van der Waals surface area contributed by atoms with Gasteiger partial charge in [0.05, 0.1) is 6.04 Å². The third kappa shape index (κ3) is 4.16. The molecule has 2 aromatic carbocycles. The lowest BCUT2D eigenvalue weighted by molar-refractivity contribution is -0.0463. The van der Waals surface area contributed by atoms with Crippen LogP contribution in [0.5, 0.6) is 0 Å². The van der Waals surface area contributed by atoms with Gasteiger partial charge < -0.3 is 25.1 Å². The van der Waals surface area contributed by atoms with E-state index in [1.807, 2.05) is 67.6 Å². The Bertz CT molecular complexity index is 948. The van der Waals surface area contributed by atoms with E-state index < -0.39 is 17.9 Å². The second kappa shape index (κ2) is 8.03. The van der Waals surface area contributed by atoms with E-state index in [9.17, 15) is 19.8 Å². The maximum absolute atomic E-state index is 13.2. The van der Waals surface area contributed by atoms with Crippen LogP contribution in [0.3, 0.4) is 0 Å². The van der Waals surface area contributed by atoms with Gasteiger partial charge in [0.25, 0.3) is 5.91 Å². The first kappa shape index (κ1) is 18.6. The summed E-state index contributed by atoms with van der Waals surface area (Å²) in [7, 11) is 0. The number of aliphatic hydroxyl groups excluding tert-OH is 1. The van der Waals surface area contributed by atoms with Crippen molar-refractivity contribution in [2.24, 2.45) is 0 Å². The van der Waals surface area contributed by atoms with Crippen LogP contribution in [0.1, 0.15) is 46.6 Å². The number of hydrogen-bond acceptors (Lipinski definition) is 4. The Hall–Kier alpha value is -3.16. The standard InChI is InChI=1S/C20H21N3O4/c1-13(15-10-6-3-7-11-15)23(12-14-8-4-2-5-9-14)18(24)16-17(19(25)26)22-20(27)21-16/h2-11,13,19,25-26H,12H2,1H3,(H2,21,22,27). The highest BCUT2D eigenvalue weighted by Gasteiger charge is 2.28. The fourth-order valence-corrected chi connectivity index (χ4v) is 2.98. The molecule has 0 bridgehead atoms. The highest BCUT2D eigenvalue weighted by molar-refractivity contribution is 5.93. The van der Waals surface area contributed by atoms with Crippen LogP contribution in [0.2, 0.25) is 0 Å². The molecule has 140 valence electrons. The lowest BCUT2D eigenvalue weighted by atomic mass is 10.0. The predicted octanol–water partition coefficient (Wildman–Crippen LogP) is 2.09. The molecule has 1 amide bonds. The van der Waals surface area contributed by atoms with E-state index in [2.05, 4.69) is 9.97 Å². The number of hydrogen-bond donors (Lipinski definition) is 4. The number of rotatable bonds is 6. The van der Waals surface area contributed by atoms with Crippen LogP contribution in [-0.4, -0.2) is 31.0 Å². The minimum atomic E-state index is -1.96. The molecule has 4 N–H and O–H groups in total. The zero-order valence-corrected chi connectivity index (χ0v) is 14.8. The van der Waals surface area contributed by atoms with Crippen molar-refractivity contribution in [2.45, 2.75) is 25.8 Å². The molecule has 27 heavy (non-hydrogen) atoms. The van der Waals surface area contributed by atoms with Crippen molar-refractivity contribution in [3.63, 3.8) is 0 Å². The van der Waals surface area contributed by atoms with Crippen molar-refractivity contribution in [3.8, 4) is 0 Å². The molecule has 7 heteroatoms. The Morgan fingerprint density at radius 3 is 2.19 bits per heavy atom. The molecule has 0 spiro atoms. The average Bonchev–Trinajstić information content (AvgIpc) is 3.09. The molecule has 1 unspecified atom stereocenters. The third-order valence-corrected chi connectivity index (χ3v) is 4.43. The van der Waals surface area contributed by atoms with Gasteiger partial charge in [-0.15, -0.1) is 0 Å². The maximum Gasteiger partial charge on any atom is 0.323 e. The van der Waals surface area contributed by atoms with Crippen molar-refractivity contribution in [1.82, 2.24) is 14.9 Å². The Labute approximate surface area is 155 Å². The van der Waals surface area contributed by atoms with Crippen LogP contribution in [0, 0.1) is 0 Å². The first-order valence-corrected chi connectivity index (χ1v) is 8.55. The fourth-order valence-electron chi connectivity index (χ4n) is 2.98. The van der Waals surface area contributed by atoms with Gasteiger partial charge in [0.1, 0.15) is 11.4 Å². The summed E-state index contributed by atoms with van der Waals surface area (Å²) in [6.45, 7) is 2.18. The first-order chi connectivity index (χ1) is 13.0. The molecule has 0 saturated carbocycles. The molecule has 1 atom stereocenters. The smallest absolute Gasteiger partial charge is 0.323 e. The van der Waals surface area contributed by atoms with E-state index in [0.717, 1.165) is 11.1 Å². The van der Waals surface area contributed by atoms with Crippen molar-refractivity contribution in [3.05, 3.63) is 93.7 Å². The quantitative estimate of drug-likeness (QED) is 0.500. The topological polar surface area (TPSA) is 109 Å². The molecule has 0 aliphatic carbocycles.